The Morgan fingerprint density at radius 3 is 2.56 bits per heavy atom. The van der Waals surface area contributed by atoms with Crippen molar-refractivity contribution in [2.24, 2.45) is 0 Å². The third-order valence-electron chi connectivity index (χ3n) is 2.93. The zero-order valence-electron chi connectivity index (χ0n) is 11.5. The Labute approximate surface area is 114 Å². The predicted octanol–water partition coefficient (Wildman–Crippen LogP) is 2.93. The molecule has 0 heterocycles. The third-order valence-corrected chi connectivity index (χ3v) is 3.24. The Bertz CT molecular complexity index is 407. The van der Waals surface area contributed by atoms with Gasteiger partial charge >= 0.3 is 0 Å². The molecule has 0 saturated carbocycles. The highest BCUT2D eigenvalue weighted by molar-refractivity contribution is 6.33. The van der Waals surface area contributed by atoms with Gasteiger partial charge in [-0.25, -0.2) is 0 Å². The van der Waals surface area contributed by atoms with Crippen molar-refractivity contribution in [1.82, 2.24) is 4.90 Å². The van der Waals surface area contributed by atoms with Gasteiger partial charge in [-0.15, -0.1) is 0 Å². The first-order valence-electron chi connectivity index (χ1n) is 6.16. The Morgan fingerprint density at radius 2 is 2.06 bits per heavy atom. The molecule has 0 aliphatic heterocycles. The van der Waals surface area contributed by atoms with Crippen LogP contribution in [-0.2, 0) is 0 Å². The quantitative estimate of drug-likeness (QED) is 0.741. The molecule has 1 atom stereocenters. The number of carbonyl (C=O) groups is 1. The molecule has 1 unspecified atom stereocenters. The van der Waals surface area contributed by atoms with E-state index in [2.05, 4.69) is 23.6 Å². The molecule has 18 heavy (non-hydrogen) atoms. The zero-order valence-corrected chi connectivity index (χ0v) is 12.2. The minimum Gasteiger partial charge on any atom is -0.366 e. The fourth-order valence-electron chi connectivity index (χ4n) is 2.25. The maximum absolute atomic E-state index is 11.1. The average Bonchev–Trinajstić information content (AvgIpc) is 2.31. The summed E-state index contributed by atoms with van der Waals surface area (Å²) in [5.74, 6) is 0. The van der Waals surface area contributed by atoms with Crippen LogP contribution in [0.3, 0.4) is 0 Å². The van der Waals surface area contributed by atoms with Crippen molar-refractivity contribution in [1.29, 1.82) is 0 Å². The van der Waals surface area contributed by atoms with E-state index >= 15 is 0 Å². The van der Waals surface area contributed by atoms with Crippen molar-refractivity contribution in [3.8, 4) is 0 Å². The standard InChI is InChI=1S/C14H21ClN2O/c1-5-17(11(2)9-16(3)4)14-12(10-18)7-6-8-13(14)15/h6-8,10-11H,5,9H2,1-4H3. The van der Waals surface area contributed by atoms with Crippen LogP contribution < -0.4 is 4.90 Å². The van der Waals surface area contributed by atoms with Gasteiger partial charge in [0.2, 0.25) is 0 Å². The number of likely N-dealkylation sites (N-methyl/N-ethyl adjacent to an activating group) is 2. The zero-order chi connectivity index (χ0) is 13.7. The van der Waals surface area contributed by atoms with Gasteiger partial charge in [-0.2, -0.15) is 0 Å². The topological polar surface area (TPSA) is 23.6 Å². The van der Waals surface area contributed by atoms with Crippen LogP contribution in [0.25, 0.3) is 0 Å². The summed E-state index contributed by atoms with van der Waals surface area (Å²) >= 11 is 6.25. The van der Waals surface area contributed by atoms with E-state index in [1.807, 2.05) is 20.2 Å². The number of aldehydes is 1. The number of carbonyl (C=O) groups excluding carboxylic acids is 1. The van der Waals surface area contributed by atoms with Crippen molar-refractivity contribution < 1.29 is 4.79 Å². The maximum Gasteiger partial charge on any atom is 0.152 e. The first-order valence-corrected chi connectivity index (χ1v) is 6.54. The molecule has 0 amide bonds. The fraction of sp³-hybridized carbons (Fsp3) is 0.500. The molecule has 0 spiro atoms. The van der Waals surface area contributed by atoms with Gasteiger partial charge in [-0.1, -0.05) is 17.7 Å². The van der Waals surface area contributed by atoms with E-state index in [1.54, 1.807) is 12.1 Å². The Morgan fingerprint density at radius 1 is 1.39 bits per heavy atom. The summed E-state index contributed by atoms with van der Waals surface area (Å²) in [7, 11) is 4.08. The van der Waals surface area contributed by atoms with Gasteiger partial charge in [0, 0.05) is 24.7 Å². The number of hydrogen-bond donors (Lipinski definition) is 0. The van der Waals surface area contributed by atoms with Crippen molar-refractivity contribution in [2.75, 3.05) is 32.1 Å². The molecule has 0 aliphatic carbocycles. The second kappa shape index (κ2) is 6.76. The van der Waals surface area contributed by atoms with Crippen LogP contribution >= 0.6 is 11.6 Å². The van der Waals surface area contributed by atoms with Gasteiger partial charge in [0.25, 0.3) is 0 Å². The molecule has 1 aromatic rings. The molecule has 100 valence electrons. The lowest BCUT2D eigenvalue weighted by Crippen LogP contribution is -2.40. The van der Waals surface area contributed by atoms with Gasteiger partial charge in [0.05, 0.1) is 10.7 Å². The molecule has 0 saturated heterocycles. The third kappa shape index (κ3) is 3.47. The van der Waals surface area contributed by atoms with Crippen LogP contribution in [0.1, 0.15) is 24.2 Å². The molecule has 0 N–H and O–H groups in total. The molecule has 1 rings (SSSR count). The van der Waals surface area contributed by atoms with Crippen molar-refractivity contribution in [3.05, 3.63) is 28.8 Å². The summed E-state index contributed by atoms with van der Waals surface area (Å²) in [4.78, 5) is 15.5. The summed E-state index contributed by atoms with van der Waals surface area (Å²) in [6.07, 6.45) is 0.867. The highest BCUT2D eigenvalue weighted by Gasteiger charge is 2.19. The number of benzene rings is 1. The second-order valence-corrected chi connectivity index (χ2v) is 5.10. The van der Waals surface area contributed by atoms with Crippen LogP contribution in [0.5, 0.6) is 0 Å². The number of rotatable bonds is 6. The normalized spacial score (nSPS) is 12.6. The Hall–Kier alpha value is -1.06. The second-order valence-electron chi connectivity index (χ2n) is 4.69. The van der Waals surface area contributed by atoms with E-state index < -0.39 is 0 Å². The van der Waals surface area contributed by atoms with Gasteiger partial charge in [-0.05, 0) is 40.1 Å². The molecule has 4 heteroatoms. The van der Waals surface area contributed by atoms with Crippen LogP contribution in [0.2, 0.25) is 5.02 Å². The van der Waals surface area contributed by atoms with Crippen molar-refractivity contribution in [3.63, 3.8) is 0 Å². The smallest absolute Gasteiger partial charge is 0.152 e. The van der Waals surface area contributed by atoms with Crippen LogP contribution in [-0.4, -0.2) is 44.4 Å². The Kier molecular flexibility index (Phi) is 5.63. The Balaban J connectivity index is 3.11. The fourth-order valence-corrected chi connectivity index (χ4v) is 2.54. The first kappa shape index (κ1) is 15.0. The lowest BCUT2D eigenvalue weighted by Gasteiger charge is -2.33. The van der Waals surface area contributed by atoms with Crippen LogP contribution in [0.4, 0.5) is 5.69 Å². The van der Waals surface area contributed by atoms with E-state index in [4.69, 9.17) is 11.6 Å². The van der Waals surface area contributed by atoms with Crippen molar-refractivity contribution >= 4 is 23.6 Å². The maximum atomic E-state index is 11.1. The lowest BCUT2D eigenvalue weighted by molar-refractivity contribution is 0.112. The molecule has 0 aromatic heterocycles. The number of anilines is 1. The number of nitrogens with zero attached hydrogens (tertiary/aromatic N) is 2. The van der Waals surface area contributed by atoms with E-state index in [0.717, 1.165) is 25.1 Å². The summed E-state index contributed by atoms with van der Waals surface area (Å²) in [6.45, 7) is 5.95. The summed E-state index contributed by atoms with van der Waals surface area (Å²) in [5, 5.41) is 0.632. The SMILES string of the molecule is CCN(c1c(Cl)cccc1C=O)C(C)CN(C)C. The lowest BCUT2D eigenvalue weighted by atomic mass is 10.1. The van der Waals surface area contributed by atoms with Crippen LogP contribution in [0.15, 0.2) is 18.2 Å². The van der Waals surface area contributed by atoms with E-state index in [9.17, 15) is 4.79 Å². The minimum atomic E-state index is 0.295. The van der Waals surface area contributed by atoms with Crippen LogP contribution in [0, 0.1) is 0 Å². The highest BCUT2D eigenvalue weighted by Crippen LogP contribution is 2.30. The summed E-state index contributed by atoms with van der Waals surface area (Å²) < 4.78 is 0. The van der Waals surface area contributed by atoms with Gasteiger partial charge < -0.3 is 9.80 Å². The molecule has 0 bridgehead atoms. The van der Waals surface area contributed by atoms with E-state index in [1.165, 1.54) is 0 Å². The molecular weight excluding hydrogens is 248 g/mol. The summed E-state index contributed by atoms with van der Waals surface area (Å²) in [6, 6.07) is 5.73. The largest absolute Gasteiger partial charge is 0.366 e. The van der Waals surface area contributed by atoms with Gasteiger partial charge in [-0.3, -0.25) is 4.79 Å². The number of hydrogen-bond acceptors (Lipinski definition) is 3. The number of halogens is 1. The van der Waals surface area contributed by atoms with E-state index in [0.29, 0.717) is 16.6 Å². The molecule has 1 aromatic carbocycles. The molecular formula is C14H21ClN2O. The van der Waals surface area contributed by atoms with E-state index in [-0.39, 0.29) is 0 Å². The summed E-state index contributed by atoms with van der Waals surface area (Å²) in [5.41, 5.74) is 1.49. The molecule has 0 aliphatic rings. The predicted molar refractivity (Wildman–Crippen MR) is 77.9 cm³/mol. The first-order chi connectivity index (χ1) is 8.51. The average molecular weight is 269 g/mol. The number of para-hydroxylation sites is 1. The monoisotopic (exact) mass is 268 g/mol. The van der Waals surface area contributed by atoms with Gasteiger partial charge in [0.1, 0.15) is 0 Å². The van der Waals surface area contributed by atoms with Gasteiger partial charge in [0.15, 0.2) is 6.29 Å². The molecule has 3 nitrogen and oxygen atoms in total. The van der Waals surface area contributed by atoms with Crippen molar-refractivity contribution in [2.45, 2.75) is 19.9 Å². The highest BCUT2D eigenvalue weighted by atomic mass is 35.5. The molecule has 0 fully saturated rings. The minimum absolute atomic E-state index is 0.295. The molecule has 0 radical (unpaired) electrons.